The molecule has 0 aromatic rings. The molecule has 0 bridgehead atoms. The number of aliphatic hydroxyl groups is 1. The van der Waals surface area contributed by atoms with Gasteiger partial charge < -0.3 is 14.6 Å². The van der Waals surface area contributed by atoms with Crippen molar-refractivity contribution >= 4 is 0 Å². The van der Waals surface area contributed by atoms with Crippen molar-refractivity contribution < 1.29 is 14.6 Å². The third-order valence-corrected chi connectivity index (χ3v) is 1.90. The summed E-state index contributed by atoms with van der Waals surface area (Å²) in [5.41, 5.74) is -0.0433. The second kappa shape index (κ2) is 3.52. The van der Waals surface area contributed by atoms with Gasteiger partial charge in [0.2, 0.25) is 0 Å². The Morgan fingerprint density at radius 1 is 1.55 bits per heavy atom. The van der Waals surface area contributed by atoms with E-state index in [0.29, 0.717) is 13.4 Å². The van der Waals surface area contributed by atoms with Crippen molar-refractivity contribution in [1.82, 2.24) is 0 Å². The molecule has 0 saturated carbocycles. The normalized spacial score (nSPS) is 25.9. The van der Waals surface area contributed by atoms with Crippen LogP contribution < -0.4 is 0 Å². The van der Waals surface area contributed by atoms with Crippen molar-refractivity contribution in [3.63, 3.8) is 0 Å². The van der Waals surface area contributed by atoms with Crippen molar-refractivity contribution in [3.8, 4) is 0 Å². The van der Waals surface area contributed by atoms with Crippen LogP contribution >= 0.6 is 0 Å². The molecule has 1 aliphatic heterocycles. The monoisotopic (exact) mass is 160 g/mol. The summed E-state index contributed by atoms with van der Waals surface area (Å²) in [5, 5.41) is 8.96. The van der Waals surface area contributed by atoms with E-state index in [1.807, 2.05) is 13.8 Å². The molecule has 0 aromatic carbocycles. The summed E-state index contributed by atoms with van der Waals surface area (Å²) in [7, 11) is 0. The lowest BCUT2D eigenvalue weighted by atomic mass is 9.88. The van der Waals surface area contributed by atoms with Crippen molar-refractivity contribution in [2.45, 2.75) is 26.4 Å². The third-order valence-electron chi connectivity index (χ3n) is 1.90. The summed E-state index contributed by atoms with van der Waals surface area (Å²) in [4.78, 5) is 0. The molecular formula is C8H16O3. The molecule has 66 valence electrons. The van der Waals surface area contributed by atoms with Gasteiger partial charge in [0.1, 0.15) is 6.79 Å². The molecule has 1 saturated heterocycles. The van der Waals surface area contributed by atoms with Crippen LogP contribution in [0, 0.1) is 5.41 Å². The fourth-order valence-corrected chi connectivity index (χ4v) is 1.17. The molecule has 0 radical (unpaired) electrons. The summed E-state index contributed by atoms with van der Waals surface area (Å²) in [6, 6.07) is 0. The molecule has 1 N–H and O–H groups in total. The van der Waals surface area contributed by atoms with Gasteiger partial charge in [-0.1, -0.05) is 13.8 Å². The van der Waals surface area contributed by atoms with Crippen molar-refractivity contribution in [2.24, 2.45) is 5.41 Å². The summed E-state index contributed by atoms with van der Waals surface area (Å²) in [6.45, 7) is 5.33. The van der Waals surface area contributed by atoms with E-state index in [-0.39, 0.29) is 18.1 Å². The van der Waals surface area contributed by atoms with Crippen LogP contribution in [0.3, 0.4) is 0 Å². The molecule has 0 spiro atoms. The van der Waals surface area contributed by atoms with Gasteiger partial charge in [-0.25, -0.2) is 0 Å². The lowest BCUT2D eigenvalue weighted by Crippen LogP contribution is -2.25. The molecular weight excluding hydrogens is 144 g/mol. The van der Waals surface area contributed by atoms with Crippen molar-refractivity contribution in [3.05, 3.63) is 0 Å². The van der Waals surface area contributed by atoms with Crippen LogP contribution in [0.15, 0.2) is 0 Å². The average molecular weight is 160 g/mol. The first kappa shape index (κ1) is 8.97. The van der Waals surface area contributed by atoms with Crippen LogP contribution in [0.1, 0.15) is 20.3 Å². The Hall–Kier alpha value is -0.120. The minimum absolute atomic E-state index is 0.0433. The highest BCUT2D eigenvalue weighted by Crippen LogP contribution is 2.24. The topological polar surface area (TPSA) is 38.7 Å². The molecule has 1 aliphatic rings. The lowest BCUT2D eigenvalue weighted by Gasteiger charge is -2.23. The Morgan fingerprint density at radius 2 is 2.27 bits per heavy atom. The van der Waals surface area contributed by atoms with E-state index in [2.05, 4.69) is 0 Å². The second-order valence-corrected chi connectivity index (χ2v) is 3.80. The molecule has 1 atom stereocenters. The quantitative estimate of drug-likeness (QED) is 0.662. The first-order valence-electron chi connectivity index (χ1n) is 3.94. The number of hydrogen-bond acceptors (Lipinski definition) is 3. The van der Waals surface area contributed by atoms with Crippen LogP contribution in [0.4, 0.5) is 0 Å². The van der Waals surface area contributed by atoms with Gasteiger partial charge in [-0.3, -0.25) is 0 Å². The van der Waals surface area contributed by atoms with Gasteiger partial charge in [0.25, 0.3) is 0 Å². The van der Waals surface area contributed by atoms with Crippen LogP contribution in [-0.4, -0.2) is 31.2 Å². The fraction of sp³-hybridized carbons (Fsp3) is 1.00. The van der Waals surface area contributed by atoms with E-state index in [1.54, 1.807) is 0 Å². The lowest BCUT2D eigenvalue weighted by molar-refractivity contribution is 0.0242. The summed E-state index contributed by atoms with van der Waals surface area (Å²) in [6.07, 6.45) is 1.04. The fourth-order valence-electron chi connectivity index (χ4n) is 1.17. The maximum atomic E-state index is 8.96. The molecule has 0 aliphatic carbocycles. The predicted molar refractivity (Wildman–Crippen MR) is 41.2 cm³/mol. The number of hydrogen-bond donors (Lipinski definition) is 1. The van der Waals surface area contributed by atoms with Crippen LogP contribution in [0.5, 0.6) is 0 Å². The summed E-state index contributed by atoms with van der Waals surface area (Å²) < 4.78 is 10.3. The van der Waals surface area contributed by atoms with Crippen molar-refractivity contribution in [2.75, 3.05) is 20.0 Å². The number of rotatable bonds is 3. The molecule has 0 aromatic heterocycles. The molecule has 3 heteroatoms. The minimum atomic E-state index is -0.0433. The van der Waals surface area contributed by atoms with Crippen LogP contribution in [0.2, 0.25) is 0 Å². The summed E-state index contributed by atoms with van der Waals surface area (Å²) >= 11 is 0. The highest BCUT2D eigenvalue weighted by molar-refractivity contribution is 4.73. The van der Waals surface area contributed by atoms with E-state index in [9.17, 15) is 0 Å². The van der Waals surface area contributed by atoms with Gasteiger partial charge in [0.15, 0.2) is 0 Å². The molecule has 1 unspecified atom stereocenters. The van der Waals surface area contributed by atoms with Gasteiger partial charge in [0, 0.05) is 6.61 Å². The molecule has 3 nitrogen and oxygen atoms in total. The smallest absolute Gasteiger partial charge is 0.147 e. The standard InChI is InChI=1S/C8H16O3/c1-8(2,5-9)3-7-4-10-6-11-7/h7,9H,3-6H2,1-2H3. The van der Waals surface area contributed by atoms with Gasteiger partial charge in [-0.15, -0.1) is 0 Å². The molecule has 1 fully saturated rings. The van der Waals surface area contributed by atoms with Gasteiger partial charge >= 0.3 is 0 Å². The zero-order valence-corrected chi connectivity index (χ0v) is 7.17. The Kier molecular flexibility index (Phi) is 2.87. The van der Waals surface area contributed by atoms with Gasteiger partial charge in [-0.05, 0) is 11.8 Å². The maximum Gasteiger partial charge on any atom is 0.147 e. The van der Waals surface area contributed by atoms with E-state index in [1.165, 1.54) is 0 Å². The maximum absolute atomic E-state index is 8.96. The zero-order valence-electron chi connectivity index (χ0n) is 7.17. The van der Waals surface area contributed by atoms with Crippen molar-refractivity contribution in [1.29, 1.82) is 0 Å². The first-order chi connectivity index (χ1) is 5.14. The summed E-state index contributed by atoms with van der Waals surface area (Å²) in [5.74, 6) is 0. The van der Waals surface area contributed by atoms with E-state index in [0.717, 1.165) is 6.42 Å². The van der Waals surface area contributed by atoms with Crippen LogP contribution in [-0.2, 0) is 9.47 Å². The molecule has 11 heavy (non-hydrogen) atoms. The second-order valence-electron chi connectivity index (χ2n) is 3.80. The molecule has 1 heterocycles. The minimum Gasteiger partial charge on any atom is -0.396 e. The van der Waals surface area contributed by atoms with Crippen LogP contribution in [0.25, 0.3) is 0 Å². The molecule has 0 amide bonds. The highest BCUT2D eigenvalue weighted by atomic mass is 16.7. The average Bonchev–Trinajstić information content (AvgIpc) is 2.39. The SMILES string of the molecule is CC(C)(CO)CC1COCO1. The van der Waals surface area contributed by atoms with E-state index < -0.39 is 0 Å². The number of ether oxygens (including phenoxy) is 2. The van der Waals surface area contributed by atoms with Gasteiger partial charge in [-0.2, -0.15) is 0 Å². The largest absolute Gasteiger partial charge is 0.396 e. The highest BCUT2D eigenvalue weighted by Gasteiger charge is 2.25. The van der Waals surface area contributed by atoms with E-state index in [4.69, 9.17) is 14.6 Å². The van der Waals surface area contributed by atoms with E-state index >= 15 is 0 Å². The van der Waals surface area contributed by atoms with Gasteiger partial charge in [0.05, 0.1) is 12.7 Å². The Bertz CT molecular complexity index is 117. The molecule has 1 rings (SSSR count). The number of aliphatic hydroxyl groups excluding tert-OH is 1. The first-order valence-corrected chi connectivity index (χ1v) is 3.94. The Balaban J connectivity index is 2.28. The Morgan fingerprint density at radius 3 is 2.73 bits per heavy atom. The zero-order chi connectivity index (χ0) is 8.32. The predicted octanol–water partition coefficient (Wildman–Crippen LogP) is 0.768. The Labute approximate surface area is 67.3 Å². The third kappa shape index (κ3) is 2.77.